The Hall–Kier alpha value is -0.500. The standard InChI is InChI=1S/C5H11NO/c1-3-5-6-7-4-2/h3,5-6H,4H2,1-2H3/b5-3+. The maximum Gasteiger partial charge on any atom is 0.0717 e. The fourth-order valence-corrected chi connectivity index (χ4v) is 0.199. The molecule has 0 saturated carbocycles. The van der Waals surface area contributed by atoms with Gasteiger partial charge in [-0.3, -0.25) is 10.3 Å². The summed E-state index contributed by atoms with van der Waals surface area (Å²) < 4.78 is 0. The van der Waals surface area contributed by atoms with E-state index < -0.39 is 0 Å². The van der Waals surface area contributed by atoms with E-state index in [2.05, 4.69) is 5.48 Å². The van der Waals surface area contributed by atoms with Crippen LogP contribution in [-0.4, -0.2) is 6.61 Å². The van der Waals surface area contributed by atoms with Crippen molar-refractivity contribution >= 4 is 0 Å². The molecule has 0 unspecified atom stereocenters. The van der Waals surface area contributed by atoms with Gasteiger partial charge in [-0.1, -0.05) is 6.08 Å². The first-order valence-corrected chi connectivity index (χ1v) is 2.40. The molecule has 0 amide bonds. The number of hydrogen-bond acceptors (Lipinski definition) is 2. The van der Waals surface area contributed by atoms with Gasteiger partial charge in [-0.2, -0.15) is 0 Å². The Morgan fingerprint density at radius 3 is 2.86 bits per heavy atom. The summed E-state index contributed by atoms with van der Waals surface area (Å²) in [5, 5.41) is 0. The predicted molar refractivity (Wildman–Crippen MR) is 29.6 cm³/mol. The minimum absolute atomic E-state index is 0.699. The third kappa shape index (κ3) is 5.50. The lowest BCUT2D eigenvalue weighted by Crippen LogP contribution is -2.04. The van der Waals surface area contributed by atoms with Crippen LogP contribution in [0.5, 0.6) is 0 Å². The van der Waals surface area contributed by atoms with Crippen molar-refractivity contribution in [2.24, 2.45) is 0 Å². The SMILES string of the molecule is C/C=C/NOCC. The monoisotopic (exact) mass is 101 g/mol. The van der Waals surface area contributed by atoms with Gasteiger partial charge in [-0.15, -0.1) is 0 Å². The fraction of sp³-hybridized carbons (Fsp3) is 0.600. The summed E-state index contributed by atoms with van der Waals surface area (Å²) in [5.41, 5.74) is 2.60. The van der Waals surface area contributed by atoms with E-state index in [1.807, 2.05) is 19.9 Å². The highest BCUT2D eigenvalue weighted by Gasteiger charge is 1.66. The van der Waals surface area contributed by atoms with Crippen molar-refractivity contribution in [1.82, 2.24) is 5.48 Å². The lowest BCUT2D eigenvalue weighted by atomic mass is 10.7. The topological polar surface area (TPSA) is 21.3 Å². The number of nitrogens with one attached hydrogen (secondary N) is 1. The smallest absolute Gasteiger partial charge is 0.0717 e. The van der Waals surface area contributed by atoms with Gasteiger partial charge in [0.15, 0.2) is 0 Å². The van der Waals surface area contributed by atoms with Crippen molar-refractivity contribution in [3.05, 3.63) is 12.3 Å². The molecule has 0 radical (unpaired) electrons. The summed E-state index contributed by atoms with van der Waals surface area (Å²) in [5.74, 6) is 0. The average Bonchev–Trinajstić information content (AvgIpc) is 1.69. The van der Waals surface area contributed by atoms with Crippen LogP contribution in [-0.2, 0) is 4.84 Å². The average molecular weight is 101 g/mol. The van der Waals surface area contributed by atoms with E-state index in [4.69, 9.17) is 4.84 Å². The molecule has 2 nitrogen and oxygen atoms in total. The molecule has 0 aliphatic rings. The lowest BCUT2D eigenvalue weighted by molar-refractivity contribution is 0.0825. The summed E-state index contributed by atoms with van der Waals surface area (Å²) in [6.07, 6.45) is 3.61. The Morgan fingerprint density at radius 2 is 2.43 bits per heavy atom. The van der Waals surface area contributed by atoms with Crippen LogP contribution in [0.4, 0.5) is 0 Å². The molecule has 0 atom stereocenters. The van der Waals surface area contributed by atoms with Crippen LogP contribution >= 0.6 is 0 Å². The van der Waals surface area contributed by atoms with Crippen molar-refractivity contribution in [3.63, 3.8) is 0 Å². The Labute approximate surface area is 44.1 Å². The summed E-state index contributed by atoms with van der Waals surface area (Å²) in [6.45, 7) is 4.55. The quantitative estimate of drug-likeness (QED) is 0.424. The Balaban J connectivity index is 2.69. The van der Waals surface area contributed by atoms with Crippen LogP contribution in [0.3, 0.4) is 0 Å². The molecule has 0 saturated heterocycles. The molecule has 0 fully saturated rings. The molecule has 7 heavy (non-hydrogen) atoms. The van der Waals surface area contributed by atoms with Crippen LogP contribution < -0.4 is 5.48 Å². The second-order valence-electron chi connectivity index (χ2n) is 1.05. The molecular weight excluding hydrogens is 90.1 g/mol. The maximum absolute atomic E-state index is 4.74. The summed E-state index contributed by atoms with van der Waals surface area (Å²) in [6, 6.07) is 0. The molecule has 0 rings (SSSR count). The van der Waals surface area contributed by atoms with E-state index in [0.717, 1.165) is 0 Å². The minimum atomic E-state index is 0.699. The van der Waals surface area contributed by atoms with Crippen LogP contribution in [0.25, 0.3) is 0 Å². The van der Waals surface area contributed by atoms with Gasteiger partial charge in [0.1, 0.15) is 0 Å². The van der Waals surface area contributed by atoms with E-state index >= 15 is 0 Å². The van der Waals surface area contributed by atoms with Crippen LogP contribution in [0.2, 0.25) is 0 Å². The highest BCUT2D eigenvalue weighted by atomic mass is 16.6. The van der Waals surface area contributed by atoms with E-state index in [-0.39, 0.29) is 0 Å². The summed E-state index contributed by atoms with van der Waals surface area (Å²) in [4.78, 5) is 4.74. The van der Waals surface area contributed by atoms with Gasteiger partial charge in [0, 0.05) is 6.20 Å². The molecule has 2 heteroatoms. The molecule has 0 aromatic carbocycles. The zero-order chi connectivity index (χ0) is 5.54. The lowest BCUT2D eigenvalue weighted by Gasteiger charge is -1.93. The largest absolute Gasteiger partial charge is 0.277 e. The van der Waals surface area contributed by atoms with Crippen molar-refractivity contribution in [3.8, 4) is 0 Å². The van der Waals surface area contributed by atoms with Crippen molar-refractivity contribution in [2.75, 3.05) is 6.61 Å². The Morgan fingerprint density at radius 1 is 1.71 bits per heavy atom. The maximum atomic E-state index is 4.74. The first-order valence-electron chi connectivity index (χ1n) is 2.40. The predicted octanol–water partition coefficient (Wildman–Crippen LogP) is 1.06. The molecule has 0 heterocycles. The normalized spacial score (nSPS) is 10.0. The third-order valence-corrected chi connectivity index (χ3v) is 0.462. The Kier molecular flexibility index (Phi) is 5.11. The molecule has 0 aliphatic carbocycles. The minimum Gasteiger partial charge on any atom is -0.277 e. The molecule has 0 aliphatic heterocycles. The van der Waals surface area contributed by atoms with Gasteiger partial charge in [0.25, 0.3) is 0 Å². The van der Waals surface area contributed by atoms with Crippen LogP contribution in [0.15, 0.2) is 12.3 Å². The van der Waals surface area contributed by atoms with Crippen LogP contribution in [0.1, 0.15) is 13.8 Å². The first kappa shape index (κ1) is 6.50. The highest BCUT2D eigenvalue weighted by Crippen LogP contribution is 1.64. The molecule has 0 spiro atoms. The summed E-state index contributed by atoms with van der Waals surface area (Å²) in [7, 11) is 0. The van der Waals surface area contributed by atoms with Crippen molar-refractivity contribution in [1.29, 1.82) is 0 Å². The number of rotatable bonds is 3. The molecule has 0 aromatic rings. The number of allylic oxidation sites excluding steroid dienone is 1. The van der Waals surface area contributed by atoms with Gasteiger partial charge in [-0.25, -0.2) is 0 Å². The molecular formula is C5H11NO. The van der Waals surface area contributed by atoms with Crippen molar-refractivity contribution in [2.45, 2.75) is 13.8 Å². The first-order chi connectivity index (χ1) is 3.41. The van der Waals surface area contributed by atoms with Crippen molar-refractivity contribution < 1.29 is 4.84 Å². The van der Waals surface area contributed by atoms with E-state index in [1.165, 1.54) is 0 Å². The fourth-order valence-electron chi connectivity index (χ4n) is 0.199. The zero-order valence-electron chi connectivity index (χ0n) is 4.77. The van der Waals surface area contributed by atoms with E-state index in [9.17, 15) is 0 Å². The Bertz CT molecular complexity index is 52.0. The molecule has 0 aromatic heterocycles. The van der Waals surface area contributed by atoms with Gasteiger partial charge in [-0.05, 0) is 13.8 Å². The number of hydroxylamine groups is 1. The second-order valence-corrected chi connectivity index (χ2v) is 1.05. The van der Waals surface area contributed by atoms with Gasteiger partial charge < -0.3 is 0 Å². The van der Waals surface area contributed by atoms with Gasteiger partial charge >= 0.3 is 0 Å². The third-order valence-electron chi connectivity index (χ3n) is 0.462. The van der Waals surface area contributed by atoms with E-state index in [0.29, 0.717) is 6.61 Å². The second kappa shape index (κ2) is 5.50. The van der Waals surface area contributed by atoms with E-state index in [1.54, 1.807) is 6.20 Å². The zero-order valence-corrected chi connectivity index (χ0v) is 4.77. The van der Waals surface area contributed by atoms with Crippen LogP contribution in [0, 0.1) is 0 Å². The summed E-state index contributed by atoms with van der Waals surface area (Å²) >= 11 is 0. The highest BCUT2D eigenvalue weighted by molar-refractivity contribution is 4.68. The van der Waals surface area contributed by atoms with Gasteiger partial charge in [0.05, 0.1) is 6.61 Å². The molecule has 1 N–H and O–H groups in total. The molecule has 0 bridgehead atoms. The number of hydrogen-bond donors (Lipinski definition) is 1. The van der Waals surface area contributed by atoms with Gasteiger partial charge in [0.2, 0.25) is 0 Å². The molecule has 42 valence electrons.